The molecular weight excluding hydrogens is 377 g/mol. The number of aromatic nitrogens is 2. The summed E-state index contributed by atoms with van der Waals surface area (Å²) in [7, 11) is -3.86. The number of sulfonamides is 1. The summed E-state index contributed by atoms with van der Waals surface area (Å²) < 4.78 is 42.8. The van der Waals surface area contributed by atoms with Crippen molar-refractivity contribution >= 4 is 27.1 Å². The first-order chi connectivity index (χ1) is 12.8. The molecule has 2 N–H and O–H groups in total. The largest absolute Gasteiger partial charge is 0.480 e. The molecule has 10 heteroatoms. The highest BCUT2D eigenvalue weighted by Gasteiger charge is 2.13. The van der Waals surface area contributed by atoms with Gasteiger partial charge in [-0.25, -0.2) is 13.1 Å². The first kappa shape index (κ1) is 22.7. The minimum atomic E-state index is -3.86. The van der Waals surface area contributed by atoms with E-state index >= 15 is 0 Å². The number of alkyl halides is 1. The van der Waals surface area contributed by atoms with Gasteiger partial charge in [-0.2, -0.15) is 4.98 Å². The molecule has 0 radical (unpaired) electrons. The minimum absolute atomic E-state index is 0.246. The van der Waals surface area contributed by atoms with Crippen LogP contribution in [0.5, 0.6) is 0 Å². The Bertz CT molecular complexity index is 812. The van der Waals surface area contributed by atoms with Crippen LogP contribution in [0.1, 0.15) is 51.2 Å². The van der Waals surface area contributed by atoms with Gasteiger partial charge >= 0.3 is 5.97 Å². The zero-order valence-electron chi connectivity index (χ0n) is 15.3. The summed E-state index contributed by atoms with van der Waals surface area (Å²) in [6.07, 6.45) is 6.82. The molecule has 1 rings (SSSR count). The lowest BCUT2D eigenvalue weighted by molar-refractivity contribution is -0.135. The SMILES string of the molecule is CC/C=C(\CCCF)c1noc(/C(=C/C=C/S(=O)(=O)NCC(=O)O)CC)n1. The molecule has 0 bridgehead atoms. The predicted octanol–water partition coefficient (Wildman–Crippen LogP) is 2.92. The summed E-state index contributed by atoms with van der Waals surface area (Å²) in [6, 6.07) is 0. The highest BCUT2D eigenvalue weighted by atomic mass is 32.2. The summed E-state index contributed by atoms with van der Waals surface area (Å²) in [6.45, 7) is 2.67. The lowest BCUT2D eigenvalue weighted by Gasteiger charge is -2.00. The maximum atomic E-state index is 12.4. The number of carbonyl (C=O) groups is 1. The third kappa shape index (κ3) is 8.27. The number of hydrogen-bond donors (Lipinski definition) is 2. The van der Waals surface area contributed by atoms with Crippen LogP contribution in [0.15, 0.2) is 28.2 Å². The van der Waals surface area contributed by atoms with Crippen LogP contribution in [0.3, 0.4) is 0 Å². The predicted molar refractivity (Wildman–Crippen MR) is 99.7 cm³/mol. The Labute approximate surface area is 157 Å². The second-order valence-electron chi connectivity index (χ2n) is 5.49. The van der Waals surface area contributed by atoms with Crippen molar-refractivity contribution in [3.8, 4) is 0 Å². The Morgan fingerprint density at radius 2 is 2.07 bits per heavy atom. The second kappa shape index (κ2) is 11.4. The number of halogens is 1. The van der Waals surface area contributed by atoms with E-state index in [-0.39, 0.29) is 5.89 Å². The van der Waals surface area contributed by atoms with Crippen LogP contribution in [0.4, 0.5) is 4.39 Å². The Hall–Kier alpha value is -2.33. The molecule has 0 saturated carbocycles. The van der Waals surface area contributed by atoms with E-state index < -0.39 is 29.2 Å². The highest BCUT2D eigenvalue weighted by Crippen LogP contribution is 2.22. The first-order valence-electron chi connectivity index (χ1n) is 8.51. The lowest BCUT2D eigenvalue weighted by Crippen LogP contribution is -2.27. The molecule has 0 saturated heterocycles. The fourth-order valence-corrected chi connectivity index (χ4v) is 2.81. The summed E-state index contributed by atoms with van der Waals surface area (Å²) >= 11 is 0. The molecule has 1 aromatic rings. The van der Waals surface area contributed by atoms with E-state index in [0.717, 1.165) is 17.4 Å². The van der Waals surface area contributed by atoms with Crippen molar-refractivity contribution in [1.29, 1.82) is 0 Å². The van der Waals surface area contributed by atoms with E-state index in [0.29, 0.717) is 30.7 Å². The van der Waals surface area contributed by atoms with Crippen molar-refractivity contribution in [1.82, 2.24) is 14.9 Å². The van der Waals surface area contributed by atoms with Gasteiger partial charge < -0.3 is 9.63 Å². The molecule has 0 aromatic carbocycles. The van der Waals surface area contributed by atoms with Gasteiger partial charge in [0.05, 0.1) is 6.67 Å². The minimum Gasteiger partial charge on any atom is -0.480 e. The molecule has 1 aromatic heterocycles. The molecule has 150 valence electrons. The summed E-state index contributed by atoms with van der Waals surface area (Å²) in [4.78, 5) is 14.7. The Morgan fingerprint density at radius 1 is 1.33 bits per heavy atom. The maximum absolute atomic E-state index is 12.4. The van der Waals surface area contributed by atoms with Crippen LogP contribution in [-0.4, -0.2) is 42.9 Å². The van der Waals surface area contributed by atoms with E-state index in [1.165, 1.54) is 12.2 Å². The second-order valence-corrected chi connectivity index (χ2v) is 7.14. The van der Waals surface area contributed by atoms with Crippen molar-refractivity contribution in [2.24, 2.45) is 0 Å². The van der Waals surface area contributed by atoms with Crippen LogP contribution in [-0.2, 0) is 14.8 Å². The monoisotopic (exact) mass is 401 g/mol. The number of nitrogens with one attached hydrogen (secondary N) is 1. The van der Waals surface area contributed by atoms with Crippen LogP contribution in [0.2, 0.25) is 0 Å². The maximum Gasteiger partial charge on any atom is 0.318 e. The molecule has 0 aliphatic rings. The van der Waals surface area contributed by atoms with Crippen LogP contribution >= 0.6 is 0 Å². The van der Waals surface area contributed by atoms with Gasteiger partial charge in [-0.3, -0.25) is 9.18 Å². The molecule has 0 spiro atoms. The third-order valence-corrected chi connectivity index (χ3v) is 4.44. The molecule has 0 aliphatic heterocycles. The number of hydrogen-bond acceptors (Lipinski definition) is 6. The molecule has 0 amide bonds. The van der Waals surface area contributed by atoms with Crippen molar-refractivity contribution in [3.63, 3.8) is 0 Å². The van der Waals surface area contributed by atoms with Gasteiger partial charge in [0.2, 0.25) is 10.0 Å². The van der Waals surface area contributed by atoms with Gasteiger partial charge in [0.15, 0.2) is 5.82 Å². The van der Waals surface area contributed by atoms with E-state index in [1.807, 2.05) is 24.6 Å². The number of carboxylic acids is 1. The summed E-state index contributed by atoms with van der Waals surface area (Å²) in [5.41, 5.74) is 1.41. The van der Waals surface area contributed by atoms with Gasteiger partial charge in [-0.05, 0) is 37.3 Å². The molecule has 0 fully saturated rings. The number of carboxylic acid groups (broad SMARTS) is 1. The molecule has 8 nitrogen and oxygen atoms in total. The molecule has 27 heavy (non-hydrogen) atoms. The first-order valence-corrected chi connectivity index (χ1v) is 10.1. The van der Waals surface area contributed by atoms with Gasteiger partial charge in [0, 0.05) is 11.0 Å². The molecule has 1 heterocycles. The van der Waals surface area contributed by atoms with Crippen molar-refractivity contribution in [2.75, 3.05) is 13.2 Å². The number of nitrogens with zero attached hydrogens (tertiary/aromatic N) is 2. The van der Waals surface area contributed by atoms with E-state index in [4.69, 9.17) is 9.63 Å². The Kier molecular flexibility index (Phi) is 9.59. The fraction of sp³-hybridized carbons (Fsp3) is 0.471. The molecule has 0 atom stereocenters. The number of allylic oxidation sites excluding steroid dienone is 5. The average molecular weight is 401 g/mol. The molecular formula is C17H24FN3O5S. The quantitative estimate of drug-likeness (QED) is 0.516. The van der Waals surface area contributed by atoms with Crippen molar-refractivity contribution in [2.45, 2.75) is 39.5 Å². The average Bonchev–Trinajstić information content (AvgIpc) is 3.10. The fourth-order valence-electron chi connectivity index (χ4n) is 2.10. The van der Waals surface area contributed by atoms with Crippen molar-refractivity contribution < 1.29 is 27.2 Å². The molecule has 0 unspecified atom stereocenters. The number of rotatable bonds is 12. The van der Waals surface area contributed by atoms with Gasteiger partial charge in [0.1, 0.15) is 6.54 Å². The van der Waals surface area contributed by atoms with E-state index in [2.05, 4.69) is 10.1 Å². The van der Waals surface area contributed by atoms with Gasteiger partial charge in [0.25, 0.3) is 5.89 Å². The van der Waals surface area contributed by atoms with Gasteiger partial charge in [-0.15, -0.1) is 0 Å². The van der Waals surface area contributed by atoms with Gasteiger partial charge in [-0.1, -0.05) is 31.2 Å². The smallest absolute Gasteiger partial charge is 0.318 e. The van der Waals surface area contributed by atoms with Crippen LogP contribution in [0, 0.1) is 0 Å². The van der Waals surface area contributed by atoms with E-state index in [9.17, 15) is 17.6 Å². The third-order valence-electron chi connectivity index (χ3n) is 3.38. The van der Waals surface area contributed by atoms with Crippen LogP contribution in [0.25, 0.3) is 11.1 Å². The summed E-state index contributed by atoms with van der Waals surface area (Å²) in [5, 5.41) is 13.3. The Balaban J connectivity index is 2.94. The highest BCUT2D eigenvalue weighted by molar-refractivity contribution is 7.92. The standard InChI is InChI=1S/C17H24FN3O5S/c1-3-7-14(8-5-10-18)16-20-17(26-21-16)13(4-2)9-6-11-27(24,25)19-12-15(22)23/h6-7,9,11,19H,3-5,8,10,12H2,1-2H3,(H,22,23)/b11-6+,13-9+,14-7+. The van der Waals surface area contributed by atoms with Crippen molar-refractivity contribution in [3.05, 3.63) is 35.4 Å². The zero-order valence-corrected chi connectivity index (χ0v) is 16.1. The Morgan fingerprint density at radius 3 is 2.67 bits per heavy atom. The zero-order chi connectivity index (χ0) is 20.3. The summed E-state index contributed by atoms with van der Waals surface area (Å²) in [5.74, 6) is -0.645. The molecule has 0 aliphatic carbocycles. The van der Waals surface area contributed by atoms with Crippen LogP contribution < -0.4 is 4.72 Å². The van der Waals surface area contributed by atoms with E-state index in [1.54, 1.807) is 0 Å². The lowest BCUT2D eigenvalue weighted by atomic mass is 10.1. The number of aliphatic carboxylic acids is 1. The normalized spacial score (nSPS) is 13.4. The topological polar surface area (TPSA) is 122 Å².